The van der Waals surface area contributed by atoms with Gasteiger partial charge in [0.1, 0.15) is 25.3 Å². The van der Waals surface area contributed by atoms with E-state index < -0.39 is 5.60 Å². The average Bonchev–Trinajstić information content (AvgIpc) is 2.79. The van der Waals surface area contributed by atoms with E-state index in [4.69, 9.17) is 17.3 Å². The van der Waals surface area contributed by atoms with Crippen molar-refractivity contribution in [3.05, 3.63) is 24.3 Å². The van der Waals surface area contributed by atoms with Crippen LogP contribution in [0.15, 0.2) is 24.3 Å². The summed E-state index contributed by atoms with van der Waals surface area (Å²) in [5.41, 5.74) is 0.242. The fourth-order valence-electron chi connectivity index (χ4n) is 2.06. The molecule has 0 aliphatic carbocycles. The Bertz CT molecular complexity index is 467. The highest BCUT2D eigenvalue weighted by atomic mass is 16.6. The fraction of sp³-hybridized carbons (Fsp3) is 0.533. The van der Waals surface area contributed by atoms with E-state index in [2.05, 4.69) is 0 Å². The summed E-state index contributed by atoms with van der Waals surface area (Å²) in [4.78, 5) is 13.6. The topological polar surface area (TPSA) is 38.8 Å². The molecule has 1 atom stereocenters. The van der Waals surface area contributed by atoms with Gasteiger partial charge in [-0.2, -0.15) is 0 Å². The highest BCUT2D eigenvalue weighted by Crippen LogP contribution is 2.19. The molecule has 1 amide bonds. The van der Waals surface area contributed by atoms with Crippen LogP contribution in [0.3, 0.4) is 0 Å². The number of hydrogen-bond acceptors (Lipinski definition) is 3. The van der Waals surface area contributed by atoms with Gasteiger partial charge in [-0.1, -0.05) is 17.6 Å². The van der Waals surface area contributed by atoms with Gasteiger partial charge in [-0.15, -0.1) is 0 Å². The Labute approximate surface area is 121 Å². The van der Waals surface area contributed by atoms with E-state index in [9.17, 15) is 4.79 Å². The minimum absolute atomic E-state index is 0.00569. The van der Waals surface area contributed by atoms with Gasteiger partial charge in [0.25, 0.3) is 0 Å². The molecule has 1 unspecified atom stereocenters. The maximum absolute atomic E-state index is 11.9. The van der Waals surface area contributed by atoms with Crippen LogP contribution in [0.4, 0.5) is 4.79 Å². The molecule has 1 saturated heterocycles. The lowest BCUT2D eigenvalue weighted by Gasteiger charge is -2.24. The molecule has 1 aliphatic heterocycles. The van der Waals surface area contributed by atoms with Gasteiger partial charge in [0, 0.05) is 13.0 Å². The molecular formula is C15H20BNO3. The van der Waals surface area contributed by atoms with Gasteiger partial charge >= 0.3 is 6.09 Å². The standard InChI is InChI=1S/C15H20BNO3/c1-15(2,3)20-14(18)17-9-8-13(10-17)19-12-6-4-11(16)5-7-12/h4-7,13H,8-10H2,1-3H3. The summed E-state index contributed by atoms with van der Waals surface area (Å²) in [6.45, 7) is 6.81. The van der Waals surface area contributed by atoms with Crippen molar-refractivity contribution in [3.8, 4) is 5.75 Å². The predicted octanol–water partition coefficient (Wildman–Crippen LogP) is 1.87. The van der Waals surface area contributed by atoms with Gasteiger partial charge in [-0.3, -0.25) is 0 Å². The summed E-state index contributed by atoms with van der Waals surface area (Å²) in [6.07, 6.45) is 0.538. The maximum atomic E-state index is 11.9. The smallest absolute Gasteiger partial charge is 0.410 e. The third kappa shape index (κ3) is 4.18. The third-order valence-electron chi connectivity index (χ3n) is 2.98. The second-order valence-corrected chi connectivity index (χ2v) is 6.02. The van der Waals surface area contributed by atoms with Crippen molar-refractivity contribution in [1.29, 1.82) is 0 Å². The highest BCUT2D eigenvalue weighted by Gasteiger charge is 2.30. The lowest BCUT2D eigenvalue weighted by Crippen LogP contribution is -2.36. The third-order valence-corrected chi connectivity index (χ3v) is 2.98. The molecule has 4 nitrogen and oxygen atoms in total. The number of hydrogen-bond donors (Lipinski definition) is 0. The van der Waals surface area contributed by atoms with Crippen LogP contribution in [-0.2, 0) is 4.74 Å². The monoisotopic (exact) mass is 273 g/mol. The fourth-order valence-corrected chi connectivity index (χ4v) is 2.06. The molecule has 1 heterocycles. The van der Waals surface area contributed by atoms with Crippen molar-refractivity contribution in [2.45, 2.75) is 38.9 Å². The van der Waals surface area contributed by atoms with Crippen LogP contribution in [0.25, 0.3) is 0 Å². The van der Waals surface area contributed by atoms with Gasteiger partial charge in [0.05, 0.1) is 6.54 Å². The Kier molecular flexibility index (Phi) is 4.26. The van der Waals surface area contributed by atoms with Crippen molar-refractivity contribution in [1.82, 2.24) is 4.90 Å². The number of ether oxygens (including phenoxy) is 2. The van der Waals surface area contributed by atoms with E-state index in [-0.39, 0.29) is 12.2 Å². The van der Waals surface area contributed by atoms with Crippen LogP contribution in [0.2, 0.25) is 0 Å². The minimum Gasteiger partial charge on any atom is -0.489 e. The van der Waals surface area contributed by atoms with E-state index in [0.717, 1.165) is 12.2 Å². The first kappa shape index (κ1) is 14.8. The molecule has 0 bridgehead atoms. The highest BCUT2D eigenvalue weighted by molar-refractivity contribution is 6.32. The van der Waals surface area contributed by atoms with E-state index in [1.165, 1.54) is 0 Å². The summed E-state index contributed by atoms with van der Waals surface area (Å²) < 4.78 is 11.2. The van der Waals surface area contributed by atoms with Gasteiger partial charge in [-0.05, 0) is 32.9 Å². The summed E-state index contributed by atoms with van der Waals surface area (Å²) in [5.74, 6) is 0.773. The summed E-state index contributed by atoms with van der Waals surface area (Å²) in [5, 5.41) is 0. The Morgan fingerprint density at radius 1 is 1.30 bits per heavy atom. The molecule has 1 aromatic carbocycles. The zero-order chi connectivity index (χ0) is 14.8. The van der Waals surface area contributed by atoms with Crippen LogP contribution in [0, 0.1) is 0 Å². The molecule has 1 aliphatic rings. The Balaban J connectivity index is 1.86. The molecule has 2 radical (unpaired) electrons. The van der Waals surface area contributed by atoms with Crippen LogP contribution < -0.4 is 10.2 Å². The van der Waals surface area contributed by atoms with Crippen molar-refractivity contribution in [3.63, 3.8) is 0 Å². The first-order valence-corrected chi connectivity index (χ1v) is 6.83. The number of carbonyl (C=O) groups is 1. The number of likely N-dealkylation sites (tertiary alicyclic amines) is 1. The zero-order valence-electron chi connectivity index (χ0n) is 12.3. The molecule has 0 spiro atoms. The van der Waals surface area contributed by atoms with Gasteiger partial charge < -0.3 is 14.4 Å². The summed E-state index contributed by atoms with van der Waals surface area (Å²) >= 11 is 0. The molecule has 20 heavy (non-hydrogen) atoms. The Morgan fingerprint density at radius 3 is 2.55 bits per heavy atom. The Morgan fingerprint density at radius 2 is 1.95 bits per heavy atom. The normalized spacial score (nSPS) is 18.9. The van der Waals surface area contributed by atoms with Crippen LogP contribution >= 0.6 is 0 Å². The second kappa shape index (κ2) is 5.77. The van der Waals surface area contributed by atoms with E-state index in [0.29, 0.717) is 18.6 Å². The lowest BCUT2D eigenvalue weighted by molar-refractivity contribution is 0.0275. The maximum Gasteiger partial charge on any atom is 0.410 e. The van der Waals surface area contributed by atoms with E-state index >= 15 is 0 Å². The van der Waals surface area contributed by atoms with Gasteiger partial charge in [0.15, 0.2) is 0 Å². The number of nitrogens with zero attached hydrogens (tertiary/aromatic N) is 1. The molecule has 0 aromatic heterocycles. The molecule has 1 aromatic rings. The number of benzene rings is 1. The molecular weight excluding hydrogens is 253 g/mol. The summed E-state index contributed by atoms with van der Waals surface area (Å²) in [6, 6.07) is 7.28. The SMILES string of the molecule is [B]c1ccc(OC2CCN(C(=O)OC(C)(C)C)C2)cc1. The van der Waals surface area contributed by atoms with E-state index in [1.54, 1.807) is 17.0 Å². The molecule has 5 heteroatoms. The molecule has 106 valence electrons. The van der Waals surface area contributed by atoms with Crippen molar-refractivity contribution in [2.24, 2.45) is 0 Å². The molecule has 1 fully saturated rings. The van der Waals surface area contributed by atoms with Crippen LogP contribution in [0.1, 0.15) is 27.2 Å². The van der Waals surface area contributed by atoms with Gasteiger partial charge in [0.2, 0.25) is 0 Å². The molecule has 2 rings (SSSR count). The van der Waals surface area contributed by atoms with E-state index in [1.807, 2.05) is 32.9 Å². The van der Waals surface area contributed by atoms with Crippen LogP contribution in [-0.4, -0.2) is 43.6 Å². The molecule has 0 N–H and O–H groups in total. The van der Waals surface area contributed by atoms with Crippen molar-refractivity contribution in [2.75, 3.05) is 13.1 Å². The Hall–Kier alpha value is -1.65. The first-order chi connectivity index (χ1) is 9.33. The number of amides is 1. The zero-order valence-corrected chi connectivity index (χ0v) is 12.3. The first-order valence-electron chi connectivity index (χ1n) is 6.83. The van der Waals surface area contributed by atoms with Crippen molar-refractivity contribution < 1.29 is 14.3 Å². The quantitative estimate of drug-likeness (QED) is 0.772. The average molecular weight is 273 g/mol. The second-order valence-electron chi connectivity index (χ2n) is 6.02. The van der Waals surface area contributed by atoms with Crippen LogP contribution in [0.5, 0.6) is 5.75 Å². The van der Waals surface area contributed by atoms with Crippen molar-refractivity contribution >= 4 is 19.4 Å². The summed E-state index contributed by atoms with van der Waals surface area (Å²) in [7, 11) is 5.63. The largest absolute Gasteiger partial charge is 0.489 e. The number of rotatable bonds is 2. The molecule has 0 saturated carbocycles. The predicted molar refractivity (Wildman–Crippen MR) is 78.7 cm³/mol. The number of carbonyl (C=O) groups excluding carboxylic acids is 1. The lowest BCUT2D eigenvalue weighted by atomic mass is 9.97. The van der Waals surface area contributed by atoms with Gasteiger partial charge in [-0.25, -0.2) is 4.79 Å². The minimum atomic E-state index is -0.465.